The van der Waals surface area contributed by atoms with Gasteiger partial charge in [0.2, 0.25) is 0 Å². The van der Waals surface area contributed by atoms with Crippen LogP contribution in [0.3, 0.4) is 0 Å². The van der Waals surface area contributed by atoms with Gasteiger partial charge >= 0.3 is 94.6 Å². The minimum absolute atomic E-state index is 0. The van der Waals surface area contributed by atoms with Gasteiger partial charge < -0.3 is 34.4 Å². The van der Waals surface area contributed by atoms with Crippen LogP contribution in [-0.2, 0) is 25.6 Å². The fraction of sp³-hybridized carbons (Fsp3) is 0.333. The van der Waals surface area contributed by atoms with Gasteiger partial charge in [-0.2, -0.15) is 0 Å². The van der Waals surface area contributed by atoms with Crippen LogP contribution in [0, 0.1) is 0 Å². The molecule has 0 N–H and O–H groups in total. The van der Waals surface area contributed by atoms with Crippen LogP contribution >= 0.6 is 0 Å². The molecule has 0 saturated heterocycles. The predicted octanol–water partition coefficient (Wildman–Crippen LogP) is -12.0. The van der Waals surface area contributed by atoms with Gasteiger partial charge in [0.1, 0.15) is 5.75 Å². The number of carboxylic acids is 3. The Labute approximate surface area is 240 Å². The molecular formula is C18H18NNa3O8. The van der Waals surface area contributed by atoms with Gasteiger partial charge in [0, 0.05) is 37.1 Å². The van der Waals surface area contributed by atoms with E-state index in [1.54, 1.807) is 12.1 Å². The summed E-state index contributed by atoms with van der Waals surface area (Å²) in [5.41, 5.74) is 0.784. The van der Waals surface area contributed by atoms with Crippen molar-refractivity contribution in [1.82, 2.24) is 4.90 Å². The molecule has 0 radical (unpaired) electrons. The zero-order valence-corrected chi connectivity index (χ0v) is 23.6. The molecule has 30 heavy (non-hydrogen) atoms. The van der Waals surface area contributed by atoms with Gasteiger partial charge in [-0.1, -0.05) is 18.7 Å². The van der Waals surface area contributed by atoms with Crippen LogP contribution in [0.2, 0.25) is 0 Å². The van der Waals surface area contributed by atoms with Crippen molar-refractivity contribution in [3.63, 3.8) is 0 Å². The van der Waals surface area contributed by atoms with Gasteiger partial charge in [0.05, 0.1) is 11.9 Å². The number of esters is 1. The molecule has 146 valence electrons. The Balaban J connectivity index is -0.00000243. The number of hydrogen-bond donors (Lipinski definition) is 0. The summed E-state index contributed by atoms with van der Waals surface area (Å²) in [5, 5.41) is 32.7. The third kappa shape index (κ3) is 14.0. The number of ether oxygens (including phenoxy) is 1. The van der Waals surface area contributed by atoms with Gasteiger partial charge in [-0.15, -0.1) is 0 Å². The Kier molecular flexibility index (Phi) is 19.9. The molecule has 0 aliphatic heterocycles. The maximum atomic E-state index is 11.5. The molecule has 1 aromatic carbocycles. The minimum Gasteiger partial charge on any atom is -0.550 e. The van der Waals surface area contributed by atoms with Crippen molar-refractivity contribution in [2.45, 2.75) is 25.8 Å². The van der Waals surface area contributed by atoms with Gasteiger partial charge in [-0.05, 0) is 31.0 Å². The SMILES string of the molecule is C=C(C)C(=O)Oc1ccc(CC(CC(=O)[O-])N(CC(=O)[O-])CC(=O)[O-])cc1.[Na+].[Na+].[Na+]. The van der Waals surface area contributed by atoms with Crippen molar-refractivity contribution in [2.24, 2.45) is 0 Å². The Morgan fingerprint density at radius 2 is 1.40 bits per heavy atom. The Morgan fingerprint density at radius 3 is 1.77 bits per heavy atom. The average Bonchev–Trinajstić information content (AvgIpc) is 2.54. The number of carbonyl (C=O) groups excluding carboxylic acids is 4. The number of rotatable bonds is 11. The molecule has 0 heterocycles. The van der Waals surface area contributed by atoms with Crippen LogP contribution < -0.4 is 109 Å². The van der Waals surface area contributed by atoms with Crippen LogP contribution in [-0.4, -0.2) is 47.9 Å². The first kappa shape index (κ1) is 34.4. The summed E-state index contributed by atoms with van der Waals surface area (Å²) in [6.45, 7) is 3.39. The monoisotopic (exact) mass is 445 g/mol. The number of nitrogens with zero attached hydrogens (tertiary/aromatic N) is 1. The summed E-state index contributed by atoms with van der Waals surface area (Å²) in [6.07, 6.45) is -0.573. The number of carbonyl (C=O) groups is 4. The Hall–Kier alpha value is -0.200. The molecule has 0 spiro atoms. The molecule has 12 heteroatoms. The predicted molar refractivity (Wildman–Crippen MR) is 85.6 cm³/mol. The van der Waals surface area contributed by atoms with Crippen LogP contribution in [0.1, 0.15) is 18.9 Å². The fourth-order valence-corrected chi connectivity index (χ4v) is 2.33. The fourth-order valence-electron chi connectivity index (χ4n) is 2.33. The van der Waals surface area contributed by atoms with Crippen LogP contribution in [0.4, 0.5) is 0 Å². The summed E-state index contributed by atoms with van der Waals surface area (Å²) in [5.74, 6) is -4.94. The van der Waals surface area contributed by atoms with Crippen molar-refractivity contribution in [3.8, 4) is 5.75 Å². The van der Waals surface area contributed by atoms with Gasteiger partial charge in [0.25, 0.3) is 0 Å². The van der Waals surface area contributed by atoms with Crippen LogP contribution in [0.25, 0.3) is 0 Å². The molecule has 1 atom stereocenters. The maximum Gasteiger partial charge on any atom is 1.00 e. The number of carboxylic acid groups (broad SMARTS) is 3. The van der Waals surface area contributed by atoms with E-state index < -0.39 is 49.4 Å². The van der Waals surface area contributed by atoms with Gasteiger partial charge in [-0.25, -0.2) is 4.79 Å². The molecule has 0 amide bonds. The molecule has 0 bridgehead atoms. The maximum absolute atomic E-state index is 11.5. The summed E-state index contributed by atoms with van der Waals surface area (Å²) < 4.78 is 5.03. The molecule has 0 fully saturated rings. The van der Waals surface area contributed by atoms with E-state index in [1.165, 1.54) is 19.1 Å². The van der Waals surface area contributed by atoms with Crippen LogP contribution in [0.5, 0.6) is 5.75 Å². The van der Waals surface area contributed by atoms with Crippen molar-refractivity contribution < 1.29 is 128 Å². The first-order valence-electron chi connectivity index (χ1n) is 7.88. The molecule has 0 aliphatic rings. The van der Waals surface area contributed by atoms with Gasteiger partial charge in [-0.3, -0.25) is 4.90 Å². The standard InChI is InChI=1S/C18H21NO8.3Na/c1-11(2)18(26)27-14-5-3-12(4-6-14)7-13(8-15(20)21)19(9-16(22)23)10-17(24)25;;;/h3-6,13H,1,7-10H2,2H3,(H,20,21)(H,22,23)(H,24,25);;;/q;3*+1/p-3. The van der Waals surface area contributed by atoms with Crippen molar-refractivity contribution in [3.05, 3.63) is 42.0 Å². The molecule has 0 aromatic heterocycles. The number of hydrogen-bond acceptors (Lipinski definition) is 9. The number of aliphatic carboxylic acids is 3. The summed E-state index contributed by atoms with van der Waals surface area (Å²) in [7, 11) is 0. The van der Waals surface area contributed by atoms with Crippen molar-refractivity contribution >= 4 is 23.9 Å². The average molecular weight is 445 g/mol. The van der Waals surface area contributed by atoms with Gasteiger partial charge in [0.15, 0.2) is 0 Å². The van der Waals surface area contributed by atoms with E-state index in [0.717, 1.165) is 4.90 Å². The first-order chi connectivity index (χ1) is 12.6. The topological polar surface area (TPSA) is 150 Å². The number of benzene rings is 1. The zero-order valence-electron chi connectivity index (χ0n) is 17.6. The third-order valence-electron chi connectivity index (χ3n) is 3.54. The second-order valence-corrected chi connectivity index (χ2v) is 5.90. The molecule has 9 nitrogen and oxygen atoms in total. The zero-order chi connectivity index (χ0) is 20.6. The Bertz CT molecular complexity index is 723. The van der Waals surface area contributed by atoms with E-state index in [4.69, 9.17) is 4.74 Å². The minimum atomic E-state index is -1.55. The van der Waals surface area contributed by atoms with E-state index in [2.05, 4.69) is 6.58 Å². The van der Waals surface area contributed by atoms with Crippen molar-refractivity contribution in [1.29, 1.82) is 0 Å². The second kappa shape index (κ2) is 17.4. The molecule has 1 unspecified atom stereocenters. The van der Waals surface area contributed by atoms with Crippen molar-refractivity contribution in [2.75, 3.05) is 13.1 Å². The first-order valence-corrected chi connectivity index (χ1v) is 7.88. The van der Waals surface area contributed by atoms with E-state index in [0.29, 0.717) is 5.56 Å². The van der Waals surface area contributed by atoms with E-state index in [9.17, 15) is 34.5 Å². The summed E-state index contributed by atoms with van der Waals surface area (Å²) in [4.78, 5) is 45.1. The third-order valence-corrected chi connectivity index (χ3v) is 3.54. The largest absolute Gasteiger partial charge is 1.00 e. The quantitative estimate of drug-likeness (QED) is 0.140. The summed E-state index contributed by atoms with van der Waals surface area (Å²) in [6, 6.07) is 5.04. The second-order valence-electron chi connectivity index (χ2n) is 5.90. The van der Waals surface area contributed by atoms with E-state index in [1.807, 2.05) is 0 Å². The normalized spacial score (nSPS) is 10.5. The molecule has 1 rings (SSSR count). The van der Waals surface area contributed by atoms with Crippen LogP contribution in [0.15, 0.2) is 36.4 Å². The Morgan fingerprint density at radius 1 is 0.933 bits per heavy atom. The van der Waals surface area contributed by atoms with E-state index in [-0.39, 0.29) is 106 Å². The summed E-state index contributed by atoms with van der Waals surface area (Å²) >= 11 is 0. The molecule has 1 aromatic rings. The molecular weight excluding hydrogens is 427 g/mol. The smallest absolute Gasteiger partial charge is 0.550 e. The molecule has 0 saturated carbocycles. The molecule has 0 aliphatic carbocycles. The van der Waals surface area contributed by atoms with E-state index >= 15 is 0 Å².